The summed E-state index contributed by atoms with van der Waals surface area (Å²) >= 11 is 5.78. The zero-order valence-electron chi connectivity index (χ0n) is 10.2. The maximum atomic E-state index is 11.8. The van der Waals surface area contributed by atoms with Crippen molar-refractivity contribution in [3.8, 4) is 0 Å². The number of rotatable bonds is 4. The van der Waals surface area contributed by atoms with Crippen molar-refractivity contribution < 1.29 is 10.0 Å². The zero-order chi connectivity index (χ0) is 13.0. The number of Topliss-reactive ketones (excluding diaryl/α,β-unsaturated/α-hetero) is 1. The zero-order valence-corrected chi connectivity index (χ0v) is 11.0. The van der Waals surface area contributed by atoms with Crippen molar-refractivity contribution in [2.45, 2.75) is 33.1 Å². The summed E-state index contributed by atoms with van der Waals surface area (Å²) in [7, 11) is 0. The normalized spacial score (nSPS) is 11.9. The highest BCUT2D eigenvalue weighted by atomic mass is 35.5. The summed E-state index contributed by atoms with van der Waals surface area (Å²) in [6.07, 6.45) is 0.393. The molecule has 1 N–H and O–H groups in total. The van der Waals surface area contributed by atoms with E-state index in [2.05, 4.69) is 19.0 Å². The lowest BCUT2D eigenvalue weighted by molar-refractivity contribution is 0.0988. The number of hydrogen-bond donors (Lipinski definition) is 1. The molecule has 0 saturated heterocycles. The summed E-state index contributed by atoms with van der Waals surface area (Å²) in [5.41, 5.74) is 2.06. The van der Waals surface area contributed by atoms with Crippen molar-refractivity contribution in [2.75, 3.05) is 0 Å². The minimum absolute atomic E-state index is 0.00991. The van der Waals surface area contributed by atoms with Crippen LogP contribution >= 0.6 is 11.6 Å². The van der Waals surface area contributed by atoms with Crippen LogP contribution in [-0.4, -0.2) is 16.2 Å². The predicted molar refractivity (Wildman–Crippen MR) is 69.3 cm³/mol. The number of ketones is 1. The van der Waals surface area contributed by atoms with Gasteiger partial charge in [0.15, 0.2) is 11.0 Å². The van der Waals surface area contributed by atoms with Crippen LogP contribution in [0.5, 0.6) is 0 Å². The fourth-order valence-corrected chi connectivity index (χ4v) is 1.74. The molecule has 0 unspecified atom stereocenters. The van der Waals surface area contributed by atoms with Crippen LogP contribution < -0.4 is 0 Å². The summed E-state index contributed by atoms with van der Waals surface area (Å²) in [5, 5.41) is 11.6. The number of carbonyl (C=O) groups is 1. The smallest absolute Gasteiger partial charge is 0.176 e. The van der Waals surface area contributed by atoms with Gasteiger partial charge < -0.3 is 5.21 Å². The molecular formula is C13H16ClNO2. The number of hydrogen-bond acceptors (Lipinski definition) is 3. The average molecular weight is 254 g/mol. The molecule has 0 fully saturated rings. The largest absolute Gasteiger partial charge is 0.410 e. The Kier molecular flexibility index (Phi) is 4.70. The Morgan fingerprint density at radius 2 is 2.06 bits per heavy atom. The Labute approximate surface area is 106 Å². The van der Waals surface area contributed by atoms with Crippen LogP contribution in [0.4, 0.5) is 0 Å². The van der Waals surface area contributed by atoms with Gasteiger partial charge in [-0.25, -0.2) is 0 Å². The SMILES string of the molecule is CCC(=O)c1cc(C(C)C)ccc1C(Cl)=NO. The summed E-state index contributed by atoms with van der Waals surface area (Å²) in [5.74, 6) is 0.321. The van der Waals surface area contributed by atoms with E-state index in [-0.39, 0.29) is 11.0 Å². The molecule has 0 aliphatic rings. The summed E-state index contributed by atoms with van der Waals surface area (Å²) < 4.78 is 0. The Morgan fingerprint density at radius 3 is 2.53 bits per heavy atom. The van der Waals surface area contributed by atoms with Gasteiger partial charge in [0.1, 0.15) is 0 Å². The van der Waals surface area contributed by atoms with Gasteiger partial charge in [-0.3, -0.25) is 4.79 Å². The summed E-state index contributed by atoms with van der Waals surface area (Å²) in [6, 6.07) is 5.43. The number of carbonyl (C=O) groups excluding carboxylic acids is 1. The number of oxime groups is 1. The fourth-order valence-electron chi connectivity index (χ4n) is 1.58. The maximum Gasteiger partial charge on any atom is 0.176 e. The first-order valence-electron chi connectivity index (χ1n) is 5.56. The van der Waals surface area contributed by atoms with Gasteiger partial charge in [-0.1, -0.05) is 49.7 Å². The van der Waals surface area contributed by atoms with Gasteiger partial charge >= 0.3 is 0 Å². The van der Waals surface area contributed by atoms with Crippen molar-refractivity contribution in [3.63, 3.8) is 0 Å². The molecule has 0 radical (unpaired) electrons. The lowest BCUT2D eigenvalue weighted by Gasteiger charge is -2.11. The standard InChI is InChI=1S/C13H16ClNO2/c1-4-12(16)11-7-9(8(2)3)5-6-10(11)13(14)15-17/h5-8,17H,4H2,1-3H3. The van der Waals surface area contributed by atoms with Crippen LogP contribution in [-0.2, 0) is 0 Å². The van der Waals surface area contributed by atoms with Gasteiger partial charge in [0.25, 0.3) is 0 Å². The molecule has 1 rings (SSSR count). The van der Waals surface area contributed by atoms with E-state index >= 15 is 0 Å². The van der Waals surface area contributed by atoms with Crippen LogP contribution in [0, 0.1) is 0 Å². The highest BCUT2D eigenvalue weighted by Crippen LogP contribution is 2.21. The number of halogens is 1. The van der Waals surface area contributed by atoms with E-state index in [4.69, 9.17) is 16.8 Å². The second-order valence-corrected chi connectivity index (χ2v) is 4.49. The molecule has 0 amide bonds. The molecule has 4 heteroatoms. The van der Waals surface area contributed by atoms with Gasteiger partial charge in [0, 0.05) is 17.5 Å². The fraction of sp³-hybridized carbons (Fsp3) is 0.385. The summed E-state index contributed by atoms with van der Waals surface area (Å²) in [4.78, 5) is 11.8. The van der Waals surface area contributed by atoms with Gasteiger partial charge in [0.05, 0.1) is 0 Å². The minimum atomic E-state index is -0.0582. The molecule has 0 atom stereocenters. The Hall–Kier alpha value is -1.35. The number of nitrogens with zero attached hydrogens (tertiary/aromatic N) is 1. The third-order valence-electron chi connectivity index (χ3n) is 2.64. The van der Waals surface area contributed by atoms with Crippen molar-refractivity contribution in [1.82, 2.24) is 0 Å². The minimum Gasteiger partial charge on any atom is -0.410 e. The van der Waals surface area contributed by atoms with Gasteiger partial charge in [-0.2, -0.15) is 0 Å². The number of benzene rings is 1. The molecule has 0 saturated carbocycles. The molecule has 0 bridgehead atoms. The predicted octanol–water partition coefficient (Wildman–Crippen LogP) is 3.78. The topological polar surface area (TPSA) is 49.7 Å². The van der Waals surface area contributed by atoms with Gasteiger partial charge in [0.2, 0.25) is 0 Å². The quantitative estimate of drug-likeness (QED) is 0.384. The highest BCUT2D eigenvalue weighted by molar-refractivity contribution is 6.70. The van der Waals surface area contributed by atoms with Gasteiger partial charge in [-0.05, 0) is 17.5 Å². The van der Waals surface area contributed by atoms with Gasteiger partial charge in [-0.15, -0.1) is 0 Å². The second kappa shape index (κ2) is 5.82. The first-order valence-corrected chi connectivity index (χ1v) is 5.94. The molecule has 0 aliphatic heterocycles. The third kappa shape index (κ3) is 3.07. The molecule has 3 nitrogen and oxygen atoms in total. The first-order chi connectivity index (χ1) is 8.01. The molecule has 0 aliphatic carbocycles. The molecule has 1 aromatic carbocycles. The molecule has 0 heterocycles. The van der Waals surface area contributed by atoms with Crippen LogP contribution in [0.2, 0.25) is 0 Å². The monoisotopic (exact) mass is 253 g/mol. The Bertz CT molecular complexity index is 453. The second-order valence-electron chi connectivity index (χ2n) is 4.13. The van der Waals surface area contributed by atoms with Crippen LogP contribution in [0.15, 0.2) is 23.4 Å². The van der Waals surface area contributed by atoms with Crippen molar-refractivity contribution >= 4 is 22.6 Å². The van der Waals surface area contributed by atoms with E-state index in [1.54, 1.807) is 13.0 Å². The van der Waals surface area contributed by atoms with E-state index in [0.29, 0.717) is 23.5 Å². The summed E-state index contributed by atoms with van der Waals surface area (Å²) in [6.45, 7) is 5.89. The molecule has 1 aromatic rings. The third-order valence-corrected chi connectivity index (χ3v) is 2.92. The highest BCUT2D eigenvalue weighted by Gasteiger charge is 2.15. The van der Waals surface area contributed by atoms with Crippen LogP contribution in [0.1, 0.15) is 54.6 Å². The lowest BCUT2D eigenvalue weighted by atomic mass is 9.95. The van der Waals surface area contributed by atoms with E-state index in [9.17, 15) is 4.79 Å². The molecule has 17 heavy (non-hydrogen) atoms. The average Bonchev–Trinajstić information content (AvgIpc) is 2.35. The Morgan fingerprint density at radius 1 is 1.41 bits per heavy atom. The van der Waals surface area contributed by atoms with Crippen LogP contribution in [0.3, 0.4) is 0 Å². The van der Waals surface area contributed by atoms with Crippen molar-refractivity contribution in [1.29, 1.82) is 0 Å². The van der Waals surface area contributed by atoms with E-state index < -0.39 is 0 Å². The molecule has 92 valence electrons. The molecule has 0 aromatic heterocycles. The lowest BCUT2D eigenvalue weighted by Crippen LogP contribution is -2.07. The molecular weight excluding hydrogens is 238 g/mol. The first kappa shape index (κ1) is 13.7. The van der Waals surface area contributed by atoms with Crippen LogP contribution in [0.25, 0.3) is 0 Å². The van der Waals surface area contributed by atoms with E-state index in [0.717, 1.165) is 5.56 Å². The van der Waals surface area contributed by atoms with Crippen molar-refractivity contribution in [2.24, 2.45) is 5.16 Å². The van der Waals surface area contributed by atoms with Crippen molar-refractivity contribution in [3.05, 3.63) is 34.9 Å². The molecule has 0 spiro atoms. The Balaban J connectivity index is 3.36. The van der Waals surface area contributed by atoms with E-state index in [1.165, 1.54) is 0 Å². The maximum absolute atomic E-state index is 11.8. The van der Waals surface area contributed by atoms with E-state index in [1.807, 2.05) is 12.1 Å².